The molecule has 0 N–H and O–H groups in total. The van der Waals surface area contributed by atoms with Gasteiger partial charge >= 0.3 is 0 Å². The summed E-state index contributed by atoms with van der Waals surface area (Å²) in [5.74, 6) is 0. The molecule has 0 aliphatic carbocycles. The molecule has 0 radical (unpaired) electrons. The predicted molar refractivity (Wildman–Crippen MR) is 34.0 cm³/mol. The normalized spacial score (nSPS) is 29.8. The van der Waals surface area contributed by atoms with Gasteiger partial charge in [0.05, 0.1) is 12.7 Å². The molecule has 1 aliphatic heterocycles. The monoisotopic (exact) mass is 132 g/mol. The Bertz CT molecular complexity index is 109. The molecule has 1 rings (SSSR count). The molecule has 0 fully saturated rings. The van der Waals surface area contributed by atoms with Crippen LogP contribution in [0, 0.1) is 0 Å². The minimum Gasteiger partial charge on any atom is -0.374 e. The molecule has 0 unspecified atom stereocenters. The Morgan fingerprint density at radius 1 is 1.88 bits per heavy atom. The Hall–Kier alpha value is -0.0100. The van der Waals surface area contributed by atoms with Crippen molar-refractivity contribution < 1.29 is 4.74 Å². The average Bonchev–Trinajstić information content (AvgIpc) is 1.64. The summed E-state index contributed by atoms with van der Waals surface area (Å²) in [5, 5.41) is 0.934. The van der Waals surface area contributed by atoms with Crippen LogP contribution in [0.15, 0.2) is 11.1 Å². The molecule has 46 valence electrons. The van der Waals surface area contributed by atoms with Gasteiger partial charge in [0, 0.05) is 11.5 Å². The summed E-state index contributed by atoms with van der Waals surface area (Å²) in [6, 6.07) is 0. The molecule has 1 aliphatic rings. The quantitative estimate of drug-likeness (QED) is 0.489. The number of ether oxygens (including phenoxy) is 1. The van der Waals surface area contributed by atoms with E-state index < -0.39 is 0 Å². The van der Waals surface area contributed by atoms with E-state index in [2.05, 4.69) is 0 Å². The summed E-state index contributed by atoms with van der Waals surface area (Å²) in [6.07, 6.45) is 3.04. The third kappa shape index (κ3) is 1.49. The molecule has 0 amide bonds. The molecule has 1 nitrogen and oxygen atoms in total. The van der Waals surface area contributed by atoms with Gasteiger partial charge in [-0.15, -0.1) is 0 Å². The fourth-order valence-corrected chi connectivity index (χ4v) is 0.983. The van der Waals surface area contributed by atoms with Gasteiger partial charge in [-0.3, -0.25) is 0 Å². The van der Waals surface area contributed by atoms with Gasteiger partial charge in [0.25, 0.3) is 0 Å². The summed E-state index contributed by atoms with van der Waals surface area (Å²) in [4.78, 5) is 0. The van der Waals surface area contributed by atoms with Crippen molar-refractivity contribution in [3.05, 3.63) is 11.1 Å². The van der Waals surface area contributed by atoms with E-state index in [0.717, 1.165) is 18.1 Å². The van der Waals surface area contributed by atoms with Crippen molar-refractivity contribution in [2.45, 2.75) is 19.4 Å². The lowest BCUT2D eigenvalue weighted by atomic mass is 10.2. The van der Waals surface area contributed by atoms with Crippen molar-refractivity contribution in [1.82, 2.24) is 0 Å². The summed E-state index contributed by atoms with van der Waals surface area (Å²) in [7, 11) is 0. The van der Waals surface area contributed by atoms with E-state index in [0.29, 0.717) is 0 Å². The molecule has 0 saturated carbocycles. The minimum atomic E-state index is 0.219. The number of hydrogen-bond acceptors (Lipinski definition) is 1. The van der Waals surface area contributed by atoms with Crippen molar-refractivity contribution in [1.29, 1.82) is 0 Å². The van der Waals surface area contributed by atoms with E-state index in [-0.39, 0.29) is 6.10 Å². The first-order valence-electron chi connectivity index (χ1n) is 2.77. The SMILES string of the molecule is C[C@@H]1C=C(Cl)CCO1. The molecule has 0 saturated heterocycles. The van der Waals surface area contributed by atoms with Crippen molar-refractivity contribution in [2.75, 3.05) is 6.61 Å². The minimum absolute atomic E-state index is 0.219. The first-order valence-corrected chi connectivity index (χ1v) is 3.14. The maximum absolute atomic E-state index is 5.69. The molecule has 0 bridgehead atoms. The van der Waals surface area contributed by atoms with Gasteiger partial charge in [-0.2, -0.15) is 0 Å². The van der Waals surface area contributed by atoms with Crippen LogP contribution in [0.25, 0.3) is 0 Å². The third-order valence-electron chi connectivity index (χ3n) is 1.14. The van der Waals surface area contributed by atoms with Gasteiger partial charge in [0.2, 0.25) is 0 Å². The van der Waals surface area contributed by atoms with Crippen LogP contribution in [0.5, 0.6) is 0 Å². The molecule has 0 aromatic heterocycles. The first-order chi connectivity index (χ1) is 3.79. The van der Waals surface area contributed by atoms with Crippen molar-refractivity contribution in [3.8, 4) is 0 Å². The van der Waals surface area contributed by atoms with Crippen LogP contribution in [-0.4, -0.2) is 12.7 Å². The molecule has 1 heterocycles. The second-order valence-electron chi connectivity index (χ2n) is 1.94. The van der Waals surface area contributed by atoms with Gasteiger partial charge in [-0.05, 0) is 13.0 Å². The van der Waals surface area contributed by atoms with Crippen LogP contribution < -0.4 is 0 Å². The average molecular weight is 133 g/mol. The Labute approximate surface area is 54.3 Å². The van der Waals surface area contributed by atoms with E-state index in [1.54, 1.807) is 0 Å². The Morgan fingerprint density at radius 3 is 3.00 bits per heavy atom. The predicted octanol–water partition coefficient (Wildman–Crippen LogP) is 1.92. The van der Waals surface area contributed by atoms with Gasteiger partial charge < -0.3 is 4.74 Å². The molecule has 8 heavy (non-hydrogen) atoms. The van der Waals surface area contributed by atoms with Crippen LogP contribution in [0.1, 0.15) is 13.3 Å². The highest BCUT2D eigenvalue weighted by Crippen LogP contribution is 2.15. The van der Waals surface area contributed by atoms with Crippen LogP contribution >= 0.6 is 11.6 Å². The van der Waals surface area contributed by atoms with Gasteiger partial charge in [-0.25, -0.2) is 0 Å². The Morgan fingerprint density at radius 2 is 2.62 bits per heavy atom. The lowest BCUT2D eigenvalue weighted by Gasteiger charge is -2.14. The summed E-state index contributed by atoms with van der Waals surface area (Å²) >= 11 is 5.69. The highest BCUT2D eigenvalue weighted by Gasteiger charge is 2.05. The van der Waals surface area contributed by atoms with E-state index in [4.69, 9.17) is 16.3 Å². The standard InChI is InChI=1S/C6H9ClO/c1-5-4-6(7)2-3-8-5/h4-5H,2-3H2,1H3/t5-/m1/s1. The molecule has 1 atom stereocenters. The van der Waals surface area contributed by atoms with Crippen LogP contribution in [-0.2, 0) is 4.74 Å². The fraction of sp³-hybridized carbons (Fsp3) is 0.667. The van der Waals surface area contributed by atoms with Crippen LogP contribution in [0.2, 0.25) is 0 Å². The van der Waals surface area contributed by atoms with Crippen LogP contribution in [0.3, 0.4) is 0 Å². The number of halogens is 1. The van der Waals surface area contributed by atoms with Crippen LogP contribution in [0.4, 0.5) is 0 Å². The smallest absolute Gasteiger partial charge is 0.0741 e. The number of hydrogen-bond donors (Lipinski definition) is 0. The number of rotatable bonds is 0. The van der Waals surface area contributed by atoms with Crippen molar-refractivity contribution in [3.63, 3.8) is 0 Å². The molecule has 0 aromatic rings. The topological polar surface area (TPSA) is 9.23 Å². The highest BCUT2D eigenvalue weighted by atomic mass is 35.5. The zero-order valence-electron chi connectivity index (χ0n) is 4.86. The van der Waals surface area contributed by atoms with Crippen molar-refractivity contribution >= 4 is 11.6 Å². The first kappa shape index (κ1) is 6.12. The van der Waals surface area contributed by atoms with Gasteiger partial charge in [0.15, 0.2) is 0 Å². The molecular formula is C6H9ClO. The second-order valence-corrected chi connectivity index (χ2v) is 2.42. The second kappa shape index (κ2) is 2.51. The maximum Gasteiger partial charge on any atom is 0.0741 e. The van der Waals surface area contributed by atoms with E-state index in [1.165, 1.54) is 0 Å². The largest absolute Gasteiger partial charge is 0.374 e. The Balaban J connectivity index is 2.50. The maximum atomic E-state index is 5.69. The van der Waals surface area contributed by atoms with E-state index >= 15 is 0 Å². The summed E-state index contributed by atoms with van der Waals surface area (Å²) < 4.78 is 5.19. The highest BCUT2D eigenvalue weighted by molar-refractivity contribution is 6.29. The lowest BCUT2D eigenvalue weighted by Crippen LogP contribution is -2.11. The molecule has 0 spiro atoms. The van der Waals surface area contributed by atoms with Gasteiger partial charge in [0.1, 0.15) is 0 Å². The fourth-order valence-electron chi connectivity index (χ4n) is 0.728. The summed E-state index contributed by atoms with van der Waals surface area (Å²) in [6.45, 7) is 2.76. The third-order valence-corrected chi connectivity index (χ3v) is 1.45. The molecule has 0 aromatic carbocycles. The molecular weight excluding hydrogens is 124 g/mol. The Kier molecular flexibility index (Phi) is 1.92. The summed E-state index contributed by atoms with van der Waals surface area (Å²) in [5.41, 5.74) is 0. The van der Waals surface area contributed by atoms with E-state index in [9.17, 15) is 0 Å². The lowest BCUT2D eigenvalue weighted by molar-refractivity contribution is 0.0912. The molecule has 2 heteroatoms. The zero-order chi connectivity index (χ0) is 5.98. The van der Waals surface area contributed by atoms with E-state index in [1.807, 2.05) is 13.0 Å². The zero-order valence-corrected chi connectivity index (χ0v) is 5.61. The van der Waals surface area contributed by atoms with Gasteiger partial charge in [-0.1, -0.05) is 11.6 Å². The van der Waals surface area contributed by atoms with Crippen molar-refractivity contribution in [2.24, 2.45) is 0 Å².